The Labute approximate surface area is 226 Å². The molecule has 0 atom stereocenters. The lowest BCUT2D eigenvalue weighted by molar-refractivity contribution is -0.135. The summed E-state index contributed by atoms with van der Waals surface area (Å²) in [7, 11) is 0. The van der Waals surface area contributed by atoms with Crippen LogP contribution < -0.4 is 16.4 Å². The van der Waals surface area contributed by atoms with Gasteiger partial charge in [0.05, 0.1) is 6.33 Å². The lowest BCUT2D eigenvalue weighted by Crippen LogP contribution is -2.44. The largest absolute Gasteiger partial charge is 0.365 e. The second-order valence-electron chi connectivity index (χ2n) is 10.8. The zero-order valence-corrected chi connectivity index (χ0v) is 23.1. The first kappa shape index (κ1) is 28.7. The van der Waals surface area contributed by atoms with Gasteiger partial charge in [0.2, 0.25) is 11.9 Å². The smallest absolute Gasteiger partial charge is 0.227 e. The maximum atomic E-state index is 12.4. The summed E-state index contributed by atoms with van der Waals surface area (Å²) >= 11 is 0. The van der Waals surface area contributed by atoms with E-state index < -0.39 is 0 Å². The highest BCUT2D eigenvalue weighted by molar-refractivity contribution is 5.86. The van der Waals surface area contributed by atoms with E-state index in [4.69, 9.17) is 20.7 Å². The number of fused-ring (bicyclic) bond motifs is 1. The van der Waals surface area contributed by atoms with Gasteiger partial charge in [-0.05, 0) is 51.4 Å². The van der Waals surface area contributed by atoms with Crippen LogP contribution in [0.15, 0.2) is 6.33 Å². The summed E-state index contributed by atoms with van der Waals surface area (Å²) in [5.74, 6) is 1.79. The third kappa shape index (κ3) is 6.34. The molecule has 2 aromatic rings. The van der Waals surface area contributed by atoms with E-state index in [2.05, 4.69) is 15.2 Å². The van der Waals surface area contributed by atoms with Crippen LogP contribution >= 0.6 is 24.8 Å². The van der Waals surface area contributed by atoms with Crippen molar-refractivity contribution in [1.29, 1.82) is 0 Å². The van der Waals surface area contributed by atoms with Gasteiger partial charge in [-0.3, -0.25) is 4.79 Å². The Kier molecular flexibility index (Phi) is 10.1. The predicted octanol–water partition coefficient (Wildman–Crippen LogP) is 4.53. The van der Waals surface area contributed by atoms with Gasteiger partial charge in [0.1, 0.15) is 0 Å². The summed E-state index contributed by atoms with van der Waals surface area (Å²) < 4.78 is 2.26. The van der Waals surface area contributed by atoms with Gasteiger partial charge in [0, 0.05) is 43.2 Å². The van der Waals surface area contributed by atoms with Crippen LogP contribution in [-0.2, 0) is 4.79 Å². The van der Waals surface area contributed by atoms with Crippen molar-refractivity contribution in [2.75, 3.05) is 23.7 Å². The van der Waals surface area contributed by atoms with E-state index in [0.717, 1.165) is 68.6 Å². The highest BCUT2D eigenvalue weighted by Gasteiger charge is 2.27. The van der Waals surface area contributed by atoms with E-state index in [-0.39, 0.29) is 42.7 Å². The average Bonchev–Trinajstić information content (AvgIpc) is 3.50. The number of nitrogens with one attached hydrogen (secondary N) is 2. The first-order chi connectivity index (χ1) is 16.5. The number of carbonyl (C=O) groups excluding carboxylic acids is 1. The molecular formula is C25H42Cl2N8O. The predicted molar refractivity (Wildman–Crippen MR) is 149 cm³/mol. The molecule has 1 amide bonds. The number of likely N-dealkylation sites (tertiary alicyclic amines) is 1. The summed E-state index contributed by atoms with van der Waals surface area (Å²) in [6.07, 6.45) is 12.9. The van der Waals surface area contributed by atoms with Crippen molar-refractivity contribution in [3.05, 3.63) is 6.33 Å². The number of carbonyl (C=O) groups is 1. The second-order valence-corrected chi connectivity index (χ2v) is 10.8. The number of halogens is 2. The average molecular weight is 542 g/mol. The number of amides is 1. The van der Waals surface area contributed by atoms with Gasteiger partial charge in [0.25, 0.3) is 0 Å². The monoisotopic (exact) mass is 540 g/mol. The Morgan fingerprint density at radius 2 is 1.58 bits per heavy atom. The number of nitrogens with two attached hydrogens (primary N) is 1. The van der Waals surface area contributed by atoms with Crippen molar-refractivity contribution in [3.63, 3.8) is 0 Å². The highest BCUT2D eigenvalue weighted by atomic mass is 35.5. The number of hydrogen-bond acceptors (Lipinski definition) is 7. The summed E-state index contributed by atoms with van der Waals surface area (Å²) in [5.41, 5.74) is 7.88. The van der Waals surface area contributed by atoms with Crippen LogP contribution in [-0.4, -0.2) is 61.5 Å². The Morgan fingerprint density at radius 1 is 0.944 bits per heavy atom. The topological polar surface area (TPSA) is 114 Å². The molecule has 5 rings (SSSR count). The highest BCUT2D eigenvalue weighted by Crippen LogP contribution is 2.34. The molecule has 3 fully saturated rings. The number of anilines is 2. The molecule has 0 spiro atoms. The van der Waals surface area contributed by atoms with E-state index in [1.807, 2.05) is 25.1 Å². The van der Waals surface area contributed by atoms with Crippen molar-refractivity contribution in [1.82, 2.24) is 24.4 Å². The Bertz CT molecular complexity index is 993. The number of aromatic nitrogens is 4. The molecule has 36 heavy (non-hydrogen) atoms. The number of piperidine rings is 1. The fourth-order valence-electron chi connectivity index (χ4n) is 5.78. The lowest BCUT2D eigenvalue weighted by Gasteiger charge is -2.33. The molecule has 4 N–H and O–H groups in total. The van der Waals surface area contributed by atoms with E-state index in [1.54, 1.807) is 0 Å². The quantitative estimate of drug-likeness (QED) is 0.493. The number of rotatable bonds is 6. The zero-order valence-electron chi connectivity index (χ0n) is 21.5. The SMILES string of the molecule is CC(C)C(=O)N1CCC(Nc2nc(NC3CCC(N)CC3)nc3c2ncn3C2CCCC2)CC1.Cl.Cl. The normalized spacial score (nSPS) is 23.4. The minimum Gasteiger partial charge on any atom is -0.365 e. The van der Waals surface area contributed by atoms with Gasteiger partial charge in [-0.2, -0.15) is 9.97 Å². The van der Waals surface area contributed by atoms with Crippen molar-refractivity contribution in [3.8, 4) is 0 Å². The van der Waals surface area contributed by atoms with Crippen molar-refractivity contribution in [2.45, 2.75) is 102 Å². The van der Waals surface area contributed by atoms with Crippen molar-refractivity contribution >= 4 is 53.7 Å². The van der Waals surface area contributed by atoms with Crippen LogP contribution in [0.1, 0.15) is 84.1 Å². The van der Waals surface area contributed by atoms with Gasteiger partial charge >= 0.3 is 0 Å². The fourth-order valence-corrected chi connectivity index (χ4v) is 5.78. The minimum atomic E-state index is 0. The first-order valence-corrected chi connectivity index (χ1v) is 13.3. The Hall–Kier alpha value is -1.84. The molecule has 2 saturated carbocycles. The van der Waals surface area contributed by atoms with Gasteiger partial charge in [-0.1, -0.05) is 26.7 Å². The third-order valence-electron chi connectivity index (χ3n) is 7.89. The van der Waals surface area contributed by atoms with E-state index in [1.165, 1.54) is 25.7 Å². The van der Waals surface area contributed by atoms with Crippen LogP contribution in [0.4, 0.5) is 11.8 Å². The maximum absolute atomic E-state index is 12.4. The molecule has 9 nitrogen and oxygen atoms in total. The molecular weight excluding hydrogens is 499 g/mol. The lowest BCUT2D eigenvalue weighted by atomic mass is 9.92. The number of imidazole rings is 1. The van der Waals surface area contributed by atoms with E-state index in [9.17, 15) is 4.79 Å². The molecule has 3 aliphatic rings. The van der Waals surface area contributed by atoms with Crippen LogP contribution in [0, 0.1) is 5.92 Å². The molecule has 0 aromatic carbocycles. The molecule has 0 bridgehead atoms. The van der Waals surface area contributed by atoms with Crippen molar-refractivity contribution in [2.24, 2.45) is 11.7 Å². The molecule has 0 radical (unpaired) electrons. The Morgan fingerprint density at radius 3 is 2.22 bits per heavy atom. The number of hydrogen-bond donors (Lipinski definition) is 3. The number of nitrogens with zero attached hydrogens (tertiary/aromatic N) is 5. The van der Waals surface area contributed by atoms with E-state index >= 15 is 0 Å². The minimum absolute atomic E-state index is 0. The molecule has 2 aromatic heterocycles. The zero-order chi connectivity index (χ0) is 23.7. The summed E-state index contributed by atoms with van der Waals surface area (Å²) in [6.45, 7) is 5.51. The second kappa shape index (κ2) is 12.6. The molecule has 3 heterocycles. The van der Waals surface area contributed by atoms with Gasteiger partial charge in [-0.15, -0.1) is 24.8 Å². The maximum Gasteiger partial charge on any atom is 0.227 e. The van der Waals surface area contributed by atoms with E-state index in [0.29, 0.717) is 24.1 Å². The van der Waals surface area contributed by atoms with Crippen LogP contribution in [0.3, 0.4) is 0 Å². The first-order valence-electron chi connectivity index (χ1n) is 13.3. The molecule has 202 valence electrons. The summed E-state index contributed by atoms with van der Waals surface area (Å²) in [4.78, 5) is 29.0. The van der Waals surface area contributed by atoms with Crippen LogP contribution in [0.2, 0.25) is 0 Å². The van der Waals surface area contributed by atoms with Crippen molar-refractivity contribution < 1.29 is 4.79 Å². The fraction of sp³-hybridized carbons (Fsp3) is 0.760. The molecule has 11 heteroatoms. The molecule has 1 aliphatic heterocycles. The third-order valence-corrected chi connectivity index (χ3v) is 7.89. The van der Waals surface area contributed by atoms with Gasteiger partial charge in [-0.25, -0.2) is 4.98 Å². The van der Waals surface area contributed by atoms with Crippen LogP contribution in [0.25, 0.3) is 11.2 Å². The van der Waals surface area contributed by atoms with Gasteiger partial charge < -0.3 is 25.8 Å². The van der Waals surface area contributed by atoms with Crippen LogP contribution in [0.5, 0.6) is 0 Å². The van der Waals surface area contributed by atoms with Gasteiger partial charge in [0.15, 0.2) is 17.0 Å². The summed E-state index contributed by atoms with van der Waals surface area (Å²) in [6, 6.07) is 1.42. The standard InChI is InChI=1S/C25H40N8O.2ClH/c1-16(2)24(34)32-13-11-19(12-14-32)28-22-21-23(33(15-27-21)20-5-3-4-6-20)31-25(30-22)29-18-9-7-17(26)8-10-18;;/h15-20H,3-14,26H2,1-2H3,(H2,28,29,30,31);2*1H. The molecule has 0 unspecified atom stereocenters. The molecule has 2 aliphatic carbocycles. The Balaban J connectivity index is 0.00000180. The summed E-state index contributed by atoms with van der Waals surface area (Å²) in [5, 5.41) is 7.28. The molecule has 1 saturated heterocycles.